The zero-order valence-electron chi connectivity index (χ0n) is 18.3. The Morgan fingerprint density at radius 3 is 2.37 bits per heavy atom. The molecule has 0 amide bonds. The van der Waals surface area contributed by atoms with Crippen molar-refractivity contribution >= 4 is 0 Å². The largest absolute Gasteiger partial charge is 0.303 e. The van der Waals surface area contributed by atoms with E-state index in [1.54, 1.807) is 6.07 Å². The van der Waals surface area contributed by atoms with Gasteiger partial charge >= 0.3 is 0 Å². The van der Waals surface area contributed by atoms with Crippen molar-refractivity contribution in [3.05, 3.63) is 71.5 Å². The third-order valence-corrected chi connectivity index (χ3v) is 6.91. The predicted molar refractivity (Wildman–Crippen MR) is 122 cm³/mol. The average Bonchev–Trinajstić information content (AvgIpc) is 2.81. The second kappa shape index (κ2) is 11.3. The van der Waals surface area contributed by atoms with Crippen LogP contribution in [0.2, 0.25) is 0 Å². The van der Waals surface area contributed by atoms with Crippen LogP contribution < -0.4 is 0 Å². The van der Waals surface area contributed by atoms with Crippen molar-refractivity contribution in [2.45, 2.75) is 63.7 Å². The Labute approximate surface area is 181 Å². The van der Waals surface area contributed by atoms with E-state index in [4.69, 9.17) is 0 Å². The SMILES string of the molecule is CCN(CCCC(C#N)(c1ccccc1F)C1CCCCC1)CCc1ccccc1. The molecule has 1 unspecified atom stereocenters. The first-order valence-electron chi connectivity index (χ1n) is 11.6. The molecule has 1 atom stereocenters. The minimum atomic E-state index is -0.704. The lowest BCUT2D eigenvalue weighted by molar-refractivity contribution is 0.214. The van der Waals surface area contributed by atoms with Gasteiger partial charge in [0.05, 0.1) is 11.5 Å². The number of rotatable bonds is 10. The molecular weight excluding hydrogens is 371 g/mol. The number of benzene rings is 2. The summed E-state index contributed by atoms with van der Waals surface area (Å²) in [6.07, 6.45) is 8.30. The van der Waals surface area contributed by atoms with E-state index in [9.17, 15) is 9.65 Å². The number of nitriles is 1. The van der Waals surface area contributed by atoms with E-state index in [0.717, 1.165) is 64.6 Å². The first-order valence-corrected chi connectivity index (χ1v) is 11.6. The lowest BCUT2D eigenvalue weighted by Gasteiger charge is -2.38. The minimum Gasteiger partial charge on any atom is -0.303 e. The van der Waals surface area contributed by atoms with Crippen molar-refractivity contribution in [2.24, 2.45) is 5.92 Å². The number of hydrogen-bond donors (Lipinski definition) is 0. The molecule has 0 saturated heterocycles. The molecule has 30 heavy (non-hydrogen) atoms. The fourth-order valence-electron chi connectivity index (χ4n) is 5.13. The highest BCUT2D eigenvalue weighted by atomic mass is 19.1. The second-order valence-electron chi connectivity index (χ2n) is 8.67. The summed E-state index contributed by atoms with van der Waals surface area (Å²) in [6.45, 7) is 5.16. The zero-order valence-corrected chi connectivity index (χ0v) is 18.3. The van der Waals surface area contributed by atoms with E-state index >= 15 is 0 Å². The number of likely N-dealkylation sites (N-methyl/N-ethyl adjacent to an activating group) is 1. The molecule has 0 N–H and O–H groups in total. The summed E-state index contributed by atoms with van der Waals surface area (Å²) in [6, 6.07) is 20.2. The Kier molecular flexibility index (Phi) is 8.46. The molecule has 1 aliphatic rings. The Bertz CT molecular complexity index is 807. The Hall–Kier alpha value is -2.18. The monoisotopic (exact) mass is 406 g/mol. The fourth-order valence-corrected chi connectivity index (χ4v) is 5.13. The lowest BCUT2D eigenvalue weighted by Crippen LogP contribution is -2.37. The van der Waals surface area contributed by atoms with E-state index in [0.29, 0.717) is 5.56 Å². The van der Waals surface area contributed by atoms with Crippen LogP contribution in [0.3, 0.4) is 0 Å². The van der Waals surface area contributed by atoms with Gasteiger partial charge in [-0.2, -0.15) is 5.26 Å². The molecule has 0 radical (unpaired) electrons. The van der Waals surface area contributed by atoms with Gasteiger partial charge in [0.25, 0.3) is 0 Å². The summed E-state index contributed by atoms with van der Waals surface area (Å²) >= 11 is 0. The van der Waals surface area contributed by atoms with Gasteiger partial charge in [0.2, 0.25) is 0 Å². The van der Waals surface area contributed by atoms with Gasteiger partial charge < -0.3 is 4.90 Å². The van der Waals surface area contributed by atoms with Crippen LogP contribution in [-0.4, -0.2) is 24.5 Å². The topological polar surface area (TPSA) is 27.0 Å². The van der Waals surface area contributed by atoms with E-state index in [1.165, 1.54) is 18.1 Å². The van der Waals surface area contributed by atoms with Crippen molar-refractivity contribution < 1.29 is 4.39 Å². The molecule has 3 rings (SSSR count). The number of hydrogen-bond acceptors (Lipinski definition) is 2. The highest BCUT2D eigenvalue weighted by Gasteiger charge is 2.42. The van der Waals surface area contributed by atoms with Gasteiger partial charge in [0.1, 0.15) is 5.82 Å². The number of halogens is 1. The third kappa shape index (κ3) is 5.49. The standard InChI is InChI=1S/C27H35FN2/c1-2-30(21-18-23-12-5-3-6-13-23)20-11-19-27(22-29,24-14-7-4-8-15-24)25-16-9-10-17-26(25)28/h3,5-6,9-10,12-13,16-17,24H,2,4,7-8,11,14-15,18-21H2,1H3. The van der Waals surface area contributed by atoms with Gasteiger partial charge in [0, 0.05) is 12.1 Å². The minimum absolute atomic E-state index is 0.221. The molecule has 0 bridgehead atoms. The van der Waals surface area contributed by atoms with Crippen LogP contribution in [0.4, 0.5) is 4.39 Å². The van der Waals surface area contributed by atoms with E-state index in [-0.39, 0.29) is 11.7 Å². The van der Waals surface area contributed by atoms with Crippen LogP contribution >= 0.6 is 0 Å². The molecule has 1 saturated carbocycles. The van der Waals surface area contributed by atoms with Gasteiger partial charge in [-0.15, -0.1) is 0 Å². The van der Waals surface area contributed by atoms with Crippen LogP contribution in [0, 0.1) is 23.1 Å². The summed E-state index contributed by atoms with van der Waals surface area (Å²) in [5.74, 6) is 0.0357. The zero-order chi connectivity index (χ0) is 21.2. The molecule has 0 heterocycles. The smallest absolute Gasteiger partial charge is 0.128 e. The second-order valence-corrected chi connectivity index (χ2v) is 8.67. The first kappa shape index (κ1) is 22.5. The molecule has 0 aliphatic heterocycles. The maximum atomic E-state index is 14.8. The first-order chi connectivity index (χ1) is 14.7. The molecule has 1 aliphatic carbocycles. The average molecular weight is 407 g/mol. The van der Waals surface area contributed by atoms with Crippen LogP contribution in [-0.2, 0) is 11.8 Å². The van der Waals surface area contributed by atoms with Crippen LogP contribution in [0.25, 0.3) is 0 Å². The molecule has 0 spiro atoms. The van der Waals surface area contributed by atoms with Crippen LogP contribution in [0.15, 0.2) is 54.6 Å². The normalized spacial score (nSPS) is 16.9. The summed E-state index contributed by atoms with van der Waals surface area (Å²) in [4.78, 5) is 2.46. The van der Waals surface area contributed by atoms with Crippen molar-refractivity contribution in [3.63, 3.8) is 0 Å². The summed E-state index contributed by atoms with van der Waals surface area (Å²) < 4.78 is 14.8. The van der Waals surface area contributed by atoms with Crippen molar-refractivity contribution in [1.29, 1.82) is 5.26 Å². The molecule has 1 fully saturated rings. The Morgan fingerprint density at radius 2 is 1.70 bits per heavy atom. The molecule has 2 aromatic carbocycles. The van der Waals surface area contributed by atoms with Crippen LogP contribution in [0.1, 0.15) is 63.0 Å². The summed E-state index contributed by atoms with van der Waals surface area (Å²) in [7, 11) is 0. The summed E-state index contributed by atoms with van der Waals surface area (Å²) in [5, 5.41) is 10.4. The van der Waals surface area contributed by atoms with Gasteiger partial charge in [-0.25, -0.2) is 4.39 Å². The van der Waals surface area contributed by atoms with Crippen molar-refractivity contribution in [3.8, 4) is 6.07 Å². The molecule has 160 valence electrons. The molecule has 0 aromatic heterocycles. The van der Waals surface area contributed by atoms with Gasteiger partial charge in [-0.3, -0.25) is 0 Å². The highest BCUT2D eigenvalue weighted by molar-refractivity contribution is 5.35. The highest BCUT2D eigenvalue weighted by Crippen LogP contribution is 2.44. The van der Waals surface area contributed by atoms with Gasteiger partial charge in [-0.05, 0) is 62.7 Å². The maximum Gasteiger partial charge on any atom is 0.128 e. The Balaban J connectivity index is 1.68. The van der Waals surface area contributed by atoms with E-state index < -0.39 is 5.41 Å². The molecule has 2 aromatic rings. The Morgan fingerprint density at radius 1 is 1.00 bits per heavy atom. The van der Waals surface area contributed by atoms with E-state index in [1.807, 2.05) is 12.1 Å². The van der Waals surface area contributed by atoms with Crippen molar-refractivity contribution in [1.82, 2.24) is 4.90 Å². The van der Waals surface area contributed by atoms with Gasteiger partial charge in [-0.1, -0.05) is 74.7 Å². The lowest BCUT2D eigenvalue weighted by atomic mass is 9.63. The summed E-state index contributed by atoms with van der Waals surface area (Å²) in [5.41, 5.74) is 1.27. The third-order valence-electron chi connectivity index (χ3n) is 6.91. The molecule has 2 nitrogen and oxygen atoms in total. The quantitative estimate of drug-likeness (QED) is 0.449. The predicted octanol–water partition coefficient (Wildman–Crippen LogP) is 6.51. The fraction of sp³-hybridized carbons (Fsp3) is 0.519. The number of nitrogens with zero attached hydrogens (tertiary/aromatic N) is 2. The van der Waals surface area contributed by atoms with E-state index in [2.05, 4.69) is 48.2 Å². The van der Waals surface area contributed by atoms with Crippen molar-refractivity contribution in [2.75, 3.05) is 19.6 Å². The maximum absolute atomic E-state index is 14.8. The molecule has 3 heteroatoms. The molecular formula is C27H35FN2. The van der Waals surface area contributed by atoms with Gasteiger partial charge in [0.15, 0.2) is 0 Å². The van der Waals surface area contributed by atoms with Crippen LogP contribution in [0.5, 0.6) is 0 Å².